The number of aromatic nitrogens is 2. The van der Waals surface area contributed by atoms with Crippen molar-refractivity contribution >= 4 is 17.5 Å². The quantitative estimate of drug-likeness (QED) is 0.726. The number of anilines is 2. The molecule has 24 heavy (non-hydrogen) atoms. The van der Waals surface area contributed by atoms with Gasteiger partial charge in [-0.25, -0.2) is 9.97 Å². The SMILES string of the molecule is CCCCCNC(=O)c1cc(C)nc(Nc2cccc(OC)c2)n1. The van der Waals surface area contributed by atoms with Crippen molar-refractivity contribution in [3.05, 3.63) is 41.7 Å². The summed E-state index contributed by atoms with van der Waals surface area (Å²) in [6.45, 7) is 4.63. The van der Waals surface area contributed by atoms with E-state index in [2.05, 4.69) is 27.5 Å². The van der Waals surface area contributed by atoms with E-state index >= 15 is 0 Å². The highest BCUT2D eigenvalue weighted by molar-refractivity contribution is 5.92. The van der Waals surface area contributed by atoms with Crippen LogP contribution in [0.25, 0.3) is 0 Å². The summed E-state index contributed by atoms with van der Waals surface area (Å²) in [5.41, 5.74) is 1.90. The number of nitrogens with one attached hydrogen (secondary N) is 2. The fourth-order valence-electron chi connectivity index (χ4n) is 2.24. The molecule has 128 valence electrons. The number of benzene rings is 1. The van der Waals surface area contributed by atoms with Gasteiger partial charge in [-0.1, -0.05) is 25.8 Å². The van der Waals surface area contributed by atoms with Crippen molar-refractivity contribution in [2.45, 2.75) is 33.1 Å². The van der Waals surface area contributed by atoms with Gasteiger partial charge in [0.15, 0.2) is 0 Å². The normalized spacial score (nSPS) is 10.3. The van der Waals surface area contributed by atoms with Gasteiger partial charge in [-0.05, 0) is 31.5 Å². The number of hydrogen-bond acceptors (Lipinski definition) is 5. The number of carbonyl (C=O) groups excluding carboxylic acids is 1. The van der Waals surface area contributed by atoms with Gasteiger partial charge in [-0.2, -0.15) is 0 Å². The van der Waals surface area contributed by atoms with Crippen molar-refractivity contribution in [1.82, 2.24) is 15.3 Å². The summed E-state index contributed by atoms with van der Waals surface area (Å²) in [6.07, 6.45) is 3.20. The van der Waals surface area contributed by atoms with E-state index in [-0.39, 0.29) is 5.91 Å². The van der Waals surface area contributed by atoms with Crippen LogP contribution in [0.2, 0.25) is 0 Å². The predicted molar refractivity (Wildman–Crippen MR) is 94.9 cm³/mol. The third-order valence-corrected chi connectivity index (χ3v) is 3.48. The van der Waals surface area contributed by atoms with Gasteiger partial charge in [0.05, 0.1) is 7.11 Å². The van der Waals surface area contributed by atoms with E-state index in [1.54, 1.807) is 13.2 Å². The lowest BCUT2D eigenvalue weighted by molar-refractivity contribution is 0.0948. The van der Waals surface area contributed by atoms with Crippen molar-refractivity contribution in [2.24, 2.45) is 0 Å². The molecule has 0 aliphatic rings. The Kier molecular flexibility index (Phi) is 6.54. The predicted octanol–water partition coefficient (Wildman–Crippen LogP) is 3.46. The molecule has 1 aromatic heterocycles. The maximum atomic E-state index is 12.2. The van der Waals surface area contributed by atoms with Crippen LogP contribution in [0.4, 0.5) is 11.6 Å². The molecule has 6 nitrogen and oxygen atoms in total. The van der Waals surface area contributed by atoms with Gasteiger partial charge >= 0.3 is 0 Å². The fraction of sp³-hybridized carbons (Fsp3) is 0.389. The van der Waals surface area contributed by atoms with E-state index < -0.39 is 0 Å². The molecular formula is C18H24N4O2. The summed E-state index contributed by atoms with van der Waals surface area (Å²) in [4.78, 5) is 20.9. The lowest BCUT2D eigenvalue weighted by Crippen LogP contribution is -2.25. The highest BCUT2D eigenvalue weighted by Gasteiger charge is 2.10. The van der Waals surface area contributed by atoms with Gasteiger partial charge in [0.1, 0.15) is 11.4 Å². The molecule has 1 aromatic carbocycles. The van der Waals surface area contributed by atoms with E-state index in [1.165, 1.54) is 0 Å². The molecule has 0 bridgehead atoms. The Hall–Kier alpha value is -2.63. The summed E-state index contributed by atoms with van der Waals surface area (Å²) in [5, 5.41) is 6.00. The highest BCUT2D eigenvalue weighted by Crippen LogP contribution is 2.19. The molecule has 0 aliphatic heterocycles. The number of unbranched alkanes of at least 4 members (excludes halogenated alkanes) is 2. The second kappa shape index (κ2) is 8.86. The highest BCUT2D eigenvalue weighted by atomic mass is 16.5. The van der Waals surface area contributed by atoms with Crippen LogP contribution >= 0.6 is 0 Å². The monoisotopic (exact) mass is 328 g/mol. The van der Waals surface area contributed by atoms with E-state index in [0.29, 0.717) is 18.2 Å². The molecule has 1 heterocycles. The number of rotatable bonds is 8. The van der Waals surface area contributed by atoms with Gasteiger partial charge in [0.25, 0.3) is 5.91 Å². The molecular weight excluding hydrogens is 304 g/mol. The van der Waals surface area contributed by atoms with Crippen LogP contribution in [-0.2, 0) is 0 Å². The Balaban J connectivity index is 2.08. The first-order chi connectivity index (χ1) is 11.6. The fourth-order valence-corrected chi connectivity index (χ4v) is 2.24. The summed E-state index contributed by atoms with van der Waals surface area (Å²) in [5.74, 6) is 0.953. The molecule has 0 radical (unpaired) electrons. The molecule has 1 amide bonds. The lowest BCUT2D eigenvalue weighted by atomic mass is 10.2. The smallest absolute Gasteiger partial charge is 0.270 e. The molecule has 0 atom stereocenters. The molecule has 2 N–H and O–H groups in total. The van der Waals surface area contributed by atoms with Gasteiger partial charge in [-0.15, -0.1) is 0 Å². The van der Waals surface area contributed by atoms with Crippen LogP contribution in [0.15, 0.2) is 30.3 Å². The number of aryl methyl sites for hydroxylation is 1. The van der Waals surface area contributed by atoms with Crippen LogP contribution in [0.3, 0.4) is 0 Å². The first kappa shape index (κ1) is 17.7. The van der Waals surface area contributed by atoms with Crippen LogP contribution in [0, 0.1) is 6.92 Å². The van der Waals surface area contributed by atoms with E-state index in [1.807, 2.05) is 31.2 Å². The Morgan fingerprint density at radius 2 is 2.04 bits per heavy atom. The lowest BCUT2D eigenvalue weighted by Gasteiger charge is -2.09. The zero-order valence-corrected chi connectivity index (χ0v) is 14.4. The largest absolute Gasteiger partial charge is 0.497 e. The Labute approximate surface area is 142 Å². The minimum atomic E-state index is -0.176. The zero-order valence-electron chi connectivity index (χ0n) is 14.4. The molecule has 0 saturated carbocycles. The average Bonchev–Trinajstić information content (AvgIpc) is 2.58. The van der Waals surface area contributed by atoms with Crippen LogP contribution < -0.4 is 15.4 Å². The van der Waals surface area contributed by atoms with Crippen molar-refractivity contribution in [2.75, 3.05) is 19.0 Å². The van der Waals surface area contributed by atoms with Gasteiger partial charge in [0.2, 0.25) is 5.95 Å². The van der Waals surface area contributed by atoms with Crippen LogP contribution in [0.5, 0.6) is 5.75 Å². The number of carbonyl (C=O) groups is 1. The molecule has 0 fully saturated rings. The first-order valence-electron chi connectivity index (χ1n) is 8.17. The van der Waals surface area contributed by atoms with Crippen molar-refractivity contribution in [3.8, 4) is 5.75 Å². The third kappa shape index (κ3) is 5.22. The first-order valence-corrected chi connectivity index (χ1v) is 8.17. The number of nitrogens with zero attached hydrogens (tertiary/aromatic N) is 2. The number of amides is 1. The average molecular weight is 328 g/mol. The van der Waals surface area contributed by atoms with Gasteiger partial charge in [0, 0.05) is 24.0 Å². The summed E-state index contributed by atoms with van der Waals surface area (Å²) in [7, 11) is 1.61. The molecule has 0 aliphatic carbocycles. The van der Waals surface area contributed by atoms with Crippen LogP contribution in [-0.4, -0.2) is 29.5 Å². The maximum absolute atomic E-state index is 12.2. The molecule has 2 aromatic rings. The minimum absolute atomic E-state index is 0.176. The molecule has 0 unspecified atom stereocenters. The van der Waals surface area contributed by atoms with Gasteiger partial charge in [-0.3, -0.25) is 4.79 Å². The molecule has 2 rings (SSSR count). The maximum Gasteiger partial charge on any atom is 0.270 e. The van der Waals surface area contributed by atoms with E-state index in [4.69, 9.17) is 4.74 Å². The third-order valence-electron chi connectivity index (χ3n) is 3.48. The van der Waals surface area contributed by atoms with E-state index in [9.17, 15) is 4.79 Å². The van der Waals surface area contributed by atoms with Gasteiger partial charge < -0.3 is 15.4 Å². The van der Waals surface area contributed by atoms with Crippen LogP contribution in [0.1, 0.15) is 42.4 Å². The minimum Gasteiger partial charge on any atom is -0.497 e. The van der Waals surface area contributed by atoms with Crippen molar-refractivity contribution < 1.29 is 9.53 Å². The van der Waals surface area contributed by atoms with E-state index in [0.717, 1.165) is 36.4 Å². The summed E-state index contributed by atoms with van der Waals surface area (Å²) >= 11 is 0. The second-order valence-electron chi connectivity index (χ2n) is 5.54. The Bertz CT molecular complexity index is 688. The zero-order chi connectivity index (χ0) is 17.4. The Morgan fingerprint density at radius 3 is 2.79 bits per heavy atom. The summed E-state index contributed by atoms with van der Waals surface area (Å²) in [6, 6.07) is 9.15. The summed E-state index contributed by atoms with van der Waals surface area (Å²) < 4.78 is 5.20. The van der Waals surface area contributed by atoms with Crippen molar-refractivity contribution in [3.63, 3.8) is 0 Å². The Morgan fingerprint density at radius 1 is 1.21 bits per heavy atom. The number of hydrogen-bond donors (Lipinski definition) is 2. The standard InChI is InChI=1S/C18H24N4O2/c1-4-5-6-10-19-17(23)16-11-13(2)20-18(22-16)21-14-8-7-9-15(12-14)24-3/h7-9,11-12H,4-6,10H2,1-3H3,(H,19,23)(H,20,21,22). The molecule has 6 heteroatoms. The topological polar surface area (TPSA) is 76.1 Å². The second-order valence-corrected chi connectivity index (χ2v) is 5.54. The number of ether oxygens (including phenoxy) is 1. The number of methoxy groups -OCH3 is 1. The van der Waals surface area contributed by atoms with Crippen molar-refractivity contribution in [1.29, 1.82) is 0 Å². The molecule has 0 spiro atoms. The molecule has 0 saturated heterocycles.